The molecule has 0 aliphatic rings. The van der Waals surface area contributed by atoms with Crippen molar-refractivity contribution in [1.82, 2.24) is 15.0 Å². The maximum Gasteiger partial charge on any atom is 0.146 e. The number of halogens is 2. The Hall–Kier alpha value is -1.40. The molecule has 0 radical (unpaired) electrons. The van der Waals surface area contributed by atoms with Gasteiger partial charge in [0.2, 0.25) is 0 Å². The van der Waals surface area contributed by atoms with E-state index in [0.29, 0.717) is 11.6 Å². The largest absolute Gasteiger partial charge is 0.505 e. The highest BCUT2D eigenvalue weighted by atomic mass is 79.9. The lowest BCUT2D eigenvalue weighted by Gasteiger charge is -2.16. The zero-order valence-corrected chi connectivity index (χ0v) is 17.2. The highest BCUT2D eigenvalue weighted by Gasteiger charge is 2.18. The summed E-state index contributed by atoms with van der Waals surface area (Å²) in [5, 5.41) is 19.8. The van der Waals surface area contributed by atoms with Gasteiger partial charge >= 0.3 is 0 Å². The Bertz CT molecular complexity index is 877. The van der Waals surface area contributed by atoms with Crippen LogP contribution in [0.3, 0.4) is 0 Å². The molecule has 24 heavy (non-hydrogen) atoms. The quantitative estimate of drug-likeness (QED) is 0.538. The van der Waals surface area contributed by atoms with Crippen LogP contribution in [0.1, 0.15) is 50.7 Å². The Balaban J connectivity index is 2.24. The van der Waals surface area contributed by atoms with Gasteiger partial charge in [0, 0.05) is 8.95 Å². The molecule has 0 unspecified atom stereocenters. The summed E-state index contributed by atoms with van der Waals surface area (Å²) in [6.45, 7) is 8.43. The minimum atomic E-state index is 0.218. The SMILES string of the molecule is CC(C)c1cc(C(C)C)c(O)c(-n2nc3cc(Br)c(Br)cc3n2)c1. The van der Waals surface area contributed by atoms with E-state index < -0.39 is 0 Å². The Morgan fingerprint density at radius 3 is 1.88 bits per heavy atom. The molecule has 126 valence electrons. The molecule has 0 atom stereocenters. The van der Waals surface area contributed by atoms with Crippen molar-refractivity contribution in [3.05, 3.63) is 44.3 Å². The molecule has 0 bridgehead atoms. The topological polar surface area (TPSA) is 50.9 Å². The van der Waals surface area contributed by atoms with Crippen molar-refractivity contribution in [1.29, 1.82) is 0 Å². The average Bonchev–Trinajstić information content (AvgIpc) is 2.89. The van der Waals surface area contributed by atoms with Gasteiger partial charge in [-0.3, -0.25) is 0 Å². The number of nitrogens with zero attached hydrogens (tertiary/aromatic N) is 3. The van der Waals surface area contributed by atoms with Crippen LogP contribution in [0.5, 0.6) is 5.75 Å². The minimum absolute atomic E-state index is 0.218. The first-order valence-corrected chi connectivity index (χ1v) is 9.45. The number of hydrogen-bond donors (Lipinski definition) is 1. The molecule has 0 aliphatic heterocycles. The molecule has 2 aromatic carbocycles. The number of aromatic nitrogens is 3. The van der Waals surface area contributed by atoms with Gasteiger partial charge in [0.05, 0.1) is 0 Å². The summed E-state index contributed by atoms with van der Waals surface area (Å²) in [6, 6.07) is 7.87. The van der Waals surface area contributed by atoms with Crippen molar-refractivity contribution in [3.63, 3.8) is 0 Å². The number of phenolic OH excluding ortho intramolecular Hbond substituents is 1. The molecule has 4 nitrogen and oxygen atoms in total. The molecular formula is C18H19Br2N3O. The fourth-order valence-corrected chi connectivity index (χ4v) is 3.27. The van der Waals surface area contributed by atoms with E-state index in [9.17, 15) is 5.11 Å². The molecule has 3 aromatic rings. The minimum Gasteiger partial charge on any atom is -0.505 e. The van der Waals surface area contributed by atoms with E-state index in [4.69, 9.17) is 0 Å². The number of aromatic hydroxyl groups is 1. The van der Waals surface area contributed by atoms with Crippen molar-refractivity contribution in [2.24, 2.45) is 0 Å². The highest BCUT2D eigenvalue weighted by molar-refractivity contribution is 9.13. The van der Waals surface area contributed by atoms with Crippen molar-refractivity contribution in [2.45, 2.75) is 39.5 Å². The molecule has 0 fully saturated rings. The summed E-state index contributed by atoms with van der Waals surface area (Å²) >= 11 is 6.97. The first kappa shape index (κ1) is 17.4. The third-order valence-electron chi connectivity index (χ3n) is 4.07. The van der Waals surface area contributed by atoms with Crippen LogP contribution in [0, 0.1) is 0 Å². The van der Waals surface area contributed by atoms with E-state index in [-0.39, 0.29) is 11.7 Å². The summed E-state index contributed by atoms with van der Waals surface area (Å²) in [7, 11) is 0. The van der Waals surface area contributed by atoms with Crippen LogP contribution in [0.2, 0.25) is 0 Å². The van der Waals surface area contributed by atoms with E-state index in [1.165, 1.54) is 4.80 Å². The molecule has 1 aromatic heterocycles. The Morgan fingerprint density at radius 2 is 1.42 bits per heavy atom. The number of hydrogen-bond acceptors (Lipinski definition) is 3. The fraction of sp³-hybridized carbons (Fsp3) is 0.333. The Kier molecular flexibility index (Phi) is 4.71. The monoisotopic (exact) mass is 451 g/mol. The molecular weight excluding hydrogens is 434 g/mol. The van der Waals surface area contributed by atoms with Gasteiger partial charge in [-0.25, -0.2) is 0 Å². The van der Waals surface area contributed by atoms with Crippen LogP contribution in [-0.4, -0.2) is 20.1 Å². The lowest BCUT2D eigenvalue weighted by molar-refractivity contribution is 0.457. The summed E-state index contributed by atoms with van der Waals surface area (Å²) < 4.78 is 1.84. The van der Waals surface area contributed by atoms with Crippen LogP contribution in [0.4, 0.5) is 0 Å². The van der Waals surface area contributed by atoms with Gasteiger partial charge < -0.3 is 5.11 Å². The van der Waals surface area contributed by atoms with Gasteiger partial charge in [-0.1, -0.05) is 33.8 Å². The lowest BCUT2D eigenvalue weighted by atomic mass is 9.94. The van der Waals surface area contributed by atoms with Crippen molar-refractivity contribution in [3.8, 4) is 11.4 Å². The maximum absolute atomic E-state index is 10.7. The summed E-state index contributed by atoms with van der Waals surface area (Å²) in [5.74, 6) is 0.818. The van der Waals surface area contributed by atoms with Gasteiger partial charge in [0.25, 0.3) is 0 Å². The second kappa shape index (κ2) is 6.48. The van der Waals surface area contributed by atoms with Gasteiger partial charge in [-0.05, 0) is 73.0 Å². The third kappa shape index (κ3) is 3.09. The highest BCUT2D eigenvalue weighted by Crippen LogP contribution is 2.35. The lowest BCUT2D eigenvalue weighted by Crippen LogP contribution is -2.04. The molecule has 0 saturated heterocycles. The first-order valence-electron chi connectivity index (χ1n) is 7.87. The van der Waals surface area contributed by atoms with Gasteiger partial charge in [0.15, 0.2) is 0 Å². The Labute approximate surface area is 158 Å². The van der Waals surface area contributed by atoms with Gasteiger partial charge in [0.1, 0.15) is 22.5 Å². The summed E-state index contributed by atoms with van der Waals surface area (Å²) in [5.41, 5.74) is 4.24. The third-order valence-corrected chi connectivity index (χ3v) is 5.91. The molecule has 1 heterocycles. The predicted octanol–water partition coefficient (Wildman–Crippen LogP) is 5.90. The van der Waals surface area contributed by atoms with E-state index >= 15 is 0 Å². The van der Waals surface area contributed by atoms with Crippen molar-refractivity contribution in [2.75, 3.05) is 0 Å². The van der Waals surface area contributed by atoms with E-state index in [1.54, 1.807) is 0 Å². The van der Waals surface area contributed by atoms with Crippen molar-refractivity contribution >= 4 is 42.9 Å². The van der Waals surface area contributed by atoms with Crippen LogP contribution in [0.25, 0.3) is 16.7 Å². The molecule has 0 spiro atoms. The summed E-state index contributed by atoms with van der Waals surface area (Å²) in [4.78, 5) is 1.52. The van der Waals surface area contributed by atoms with Crippen LogP contribution in [0.15, 0.2) is 33.2 Å². The number of phenols is 1. The smallest absolute Gasteiger partial charge is 0.146 e. The molecule has 6 heteroatoms. The van der Waals surface area contributed by atoms with Crippen LogP contribution >= 0.6 is 31.9 Å². The maximum atomic E-state index is 10.7. The number of benzene rings is 2. The molecule has 0 saturated carbocycles. The Morgan fingerprint density at radius 1 is 0.875 bits per heavy atom. The molecule has 0 aliphatic carbocycles. The van der Waals surface area contributed by atoms with Gasteiger partial charge in [-0.2, -0.15) is 0 Å². The average molecular weight is 453 g/mol. The second-order valence-electron chi connectivity index (χ2n) is 6.53. The van der Waals surface area contributed by atoms with Crippen LogP contribution < -0.4 is 0 Å². The van der Waals surface area contributed by atoms with Crippen molar-refractivity contribution < 1.29 is 5.11 Å². The fourth-order valence-electron chi connectivity index (χ4n) is 2.61. The van der Waals surface area contributed by atoms with E-state index in [0.717, 1.165) is 31.1 Å². The normalized spacial score (nSPS) is 11.8. The zero-order valence-electron chi connectivity index (χ0n) is 14.0. The first-order chi connectivity index (χ1) is 11.3. The number of rotatable bonds is 3. The van der Waals surface area contributed by atoms with E-state index in [2.05, 4.69) is 75.8 Å². The molecule has 3 rings (SSSR count). The molecule has 0 amide bonds. The van der Waals surface area contributed by atoms with E-state index in [1.807, 2.05) is 18.2 Å². The summed E-state index contributed by atoms with van der Waals surface area (Å²) in [6.07, 6.45) is 0. The predicted molar refractivity (Wildman–Crippen MR) is 104 cm³/mol. The van der Waals surface area contributed by atoms with Crippen LogP contribution in [-0.2, 0) is 0 Å². The second-order valence-corrected chi connectivity index (χ2v) is 8.24. The van der Waals surface area contributed by atoms with Gasteiger partial charge in [-0.15, -0.1) is 15.0 Å². The zero-order chi connectivity index (χ0) is 17.6. The molecule has 1 N–H and O–H groups in total. The standard InChI is InChI=1S/C18H19Br2N3O/c1-9(2)11-5-12(10(3)4)18(24)17(6-11)23-21-15-7-13(19)14(20)8-16(15)22-23/h5-10,24H,1-4H3. The number of fused-ring (bicyclic) bond motifs is 1.